The molecule has 6 nitrogen and oxygen atoms in total. The maximum absolute atomic E-state index is 12.5. The van der Waals surface area contributed by atoms with E-state index in [1.807, 2.05) is 0 Å². The van der Waals surface area contributed by atoms with Crippen LogP contribution in [-0.4, -0.2) is 46.5 Å². The largest absolute Gasteiger partial charge is 0.481 e. The highest BCUT2D eigenvalue weighted by Gasteiger charge is 2.31. The predicted molar refractivity (Wildman–Crippen MR) is 84.3 cm³/mol. The van der Waals surface area contributed by atoms with Crippen molar-refractivity contribution in [1.29, 1.82) is 0 Å². The van der Waals surface area contributed by atoms with Gasteiger partial charge in [-0.25, -0.2) is 4.98 Å². The maximum Gasteiger partial charge on any atom is 0.417 e. The Bertz CT molecular complexity index is 655. The molecule has 1 amide bonds. The molecule has 1 aliphatic rings. The number of piperidine rings is 1. The van der Waals surface area contributed by atoms with E-state index in [-0.39, 0.29) is 36.3 Å². The fourth-order valence-corrected chi connectivity index (χ4v) is 2.81. The number of rotatable bonds is 5. The molecule has 1 aromatic heterocycles. The minimum absolute atomic E-state index is 0.0597. The molecule has 0 saturated carbocycles. The Morgan fingerprint density at radius 2 is 2.16 bits per heavy atom. The fraction of sp³-hybridized carbons (Fsp3) is 0.533. The second-order valence-electron chi connectivity index (χ2n) is 5.75. The van der Waals surface area contributed by atoms with E-state index in [1.54, 1.807) is 0 Å². The van der Waals surface area contributed by atoms with Crippen LogP contribution in [0.2, 0.25) is 5.02 Å². The lowest BCUT2D eigenvalue weighted by Crippen LogP contribution is -2.42. The van der Waals surface area contributed by atoms with Gasteiger partial charge >= 0.3 is 12.1 Å². The van der Waals surface area contributed by atoms with E-state index in [1.165, 1.54) is 4.90 Å². The third kappa shape index (κ3) is 5.22. The number of halogens is 4. The van der Waals surface area contributed by atoms with Gasteiger partial charge in [-0.1, -0.05) is 11.6 Å². The predicted octanol–water partition coefficient (Wildman–Crippen LogP) is 2.88. The first-order valence-electron chi connectivity index (χ1n) is 7.65. The summed E-state index contributed by atoms with van der Waals surface area (Å²) < 4.78 is 37.6. The van der Waals surface area contributed by atoms with Crippen LogP contribution in [-0.2, 0) is 15.8 Å². The molecule has 0 radical (unpaired) electrons. The molecular weight excluding hydrogens is 363 g/mol. The SMILES string of the molecule is O=C(O)[C@H]1CCCN(C(=O)CCNc2ncc(C(F)(F)F)cc2Cl)C1. The second kappa shape index (κ2) is 7.90. The van der Waals surface area contributed by atoms with E-state index in [4.69, 9.17) is 16.7 Å². The Hall–Kier alpha value is -2.03. The first-order chi connectivity index (χ1) is 11.7. The highest BCUT2D eigenvalue weighted by atomic mass is 35.5. The van der Waals surface area contributed by atoms with Crippen LogP contribution in [0.5, 0.6) is 0 Å². The van der Waals surface area contributed by atoms with E-state index in [0.29, 0.717) is 25.6 Å². The topological polar surface area (TPSA) is 82.5 Å². The van der Waals surface area contributed by atoms with Crippen LogP contribution >= 0.6 is 11.6 Å². The van der Waals surface area contributed by atoms with Crippen molar-refractivity contribution in [3.63, 3.8) is 0 Å². The summed E-state index contributed by atoms with van der Waals surface area (Å²) >= 11 is 5.77. The second-order valence-corrected chi connectivity index (χ2v) is 6.15. The van der Waals surface area contributed by atoms with Gasteiger partial charge in [0, 0.05) is 32.3 Å². The molecule has 2 N–H and O–H groups in total. The number of likely N-dealkylation sites (tertiary alicyclic amines) is 1. The van der Waals surface area contributed by atoms with Gasteiger partial charge in [0.1, 0.15) is 5.82 Å². The zero-order chi connectivity index (χ0) is 18.6. The van der Waals surface area contributed by atoms with E-state index < -0.39 is 23.6 Å². The van der Waals surface area contributed by atoms with Gasteiger partial charge in [-0.05, 0) is 18.9 Å². The van der Waals surface area contributed by atoms with Gasteiger partial charge < -0.3 is 15.3 Å². The fourth-order valence-electron chi connectivity index (χ4n) is 2.57. The van der Waals surface area contributed by atoms with Crippen LogP contribution in [0.4, 0.5) is 19.0 Å². The minimum Gasteiger partial charge on any atom is -0.481 e. The number of amides is 1. The Morgan fingerprint density at radius 3 is 2.76 bits per heavy atom. The molecule has 0 spiro atoms. The normalized spacial score (nSPS) is 18.1. The molecule has 138 valence electrons. The molecule has 2 heterocycles. The van der Waals surface area contributed by atoms with Gasteiger partial charge in [-0.3, -0.25) is 9.59 Å². The number of alkyl halides is 3. The zero-order valence-electron chi connectivity index (χ0n) is 13.1. The summed E-state index contributed by atoms with van der Waals surface area (Å²) in [7, 11) is 0. The molecule has 1 saturated heterocycles. The number of nitrogens with one attached hydrogen (secondary N) is 1. The summed E-state index contributed by atoms with van der Waals surface area (Å²) in [4.78, 5) is 28.2. The zero-order valence-corrected chi connectivity index (χ0v) is 13.9. The van der Waals surface area contributed by atoms with Crippen molar-refractivity contribution in [3.05, 3.63) is 22.8 Å². The number of carbonyl (C=O) groups excluding carboxylic acids is 1. The molecule has 1 aromatic rings. The Labute approximate surface area is 147 Å². The molecule has 10 heteroatoms. The lowest BCUT2D eigenvalue weighted by molar-refractivity contribution is -0.145. The Morgan fingerprint density at radius 1 is 1.44 bits per heavy atom. The number of anilines is 1. The van der Waals surface area contributed by atoms with Gasteiger partial charge in [0.2, 0.25) is 5.91 Å². The molecule has 1 aliphatic heterocycles. The van der Waals surface area contributed by atoms with Crippen LogP contribution in [0, 0.1) is 5.92 Å². The van der Waals surface area contributed by atoms with Gasteiger partial charge in [-0.15, -0.1) is 0 Å². The summed E-state index contributed by atoms with van der Waals surface area (Å²) in [5, 5.41) is 11.6. The molecular formula is C15H17ClF3N3O3. The molecule has 1 fully saturated rings. The van der Waals surface area contributed by atoms with Crippen molar-refractivity contribution >= 4 is 29.3 Å². The number of hydrogen-bond donors (Lipinski definition) is 2. The highest BCUT2D eigenvalue weighted by Crippen LogP contribution is 2.32. The monoisotopic (exact) mass is 379 g/mol. The van der Waals surface area contributed by atoms with E-state index >= 15 is 0 Å². The number of aromatic nitrogens is 1. The van der Waals surface area contributed by atoms with E-state index in [9.17, 15) is 22.8 Å². The molecule has 0 aromatic carbocycles. The van der Waals surface area contributed by atoms with Crippen molar-refractivity contribution in [3.8, 4) is 0 Å². The van der Waals surface area contributed by atoms with Crippen LogP contribution in [0.3, 0.4) is 0 Å². The van der Waals surface area contributed by atoms with Crippen LogP contribution in [0.15, 0.2) is 12.3 Å². The maximum atomic E-state index is 12.5. The highest BCUT2D eigenvalue weighted by molar-refractivity contribution is 6.32. The van der Waals surface area contributed by atoms with Crippen molar-refractivity contribution in [2.75, 3.05) is 25.0 Å². The minimum atomic E-state index is -4.53. The number of hydrogen-bond acceptors (Lipinski definition) is 4. The lowest BCUT2D eigenvalue weighted by atomic mass is 9.98. The van der Waals surface area contributed by atoms with Crippen LogP contribution in [0.25, 0.3) is 0 Å². The average Bonchev–Trinajstić information content (AvgIpc) is 2.55. The number of carboxylic acid groups (broad SMARTS) is 1. The smallest absolute Gasteiger partial charge is 0.417 e. The summed E-state index contributed by atoms with van der Waals surface area (Å²) in [5.74, 6) is -1.64. The van der Waals surface area contributed by atoms with Crippen molar-refractivity contribution in [1.82, 2.24) is 9.88 Å². The number of pyridine rings is 1. The first kappa shape index (κ1) is 19.3. The van der Waals surface area contributed by atoms with Crippen molar-refractivity contribution in [2.24, 2.45) is 5.92 Å². The van der Waals surface area contributed by atoms with Gasteiger partial charge in [0.05, 0.1) is 16.5 Å². The third-order valence-electron chi connectivity index (χ3n) is 3.92. The standard InChI is InChI=1S/C15H17ClF3N3O3/c16-11-6-10(15(17,18)19)7-21-13(11)20-4-3-12(23)22-5-1-2-9(8-22)14(24)25/h6-7,9H,1-5,8H2,(H,20,21)(H,24,25)/t9-/m0/s1. The van der Waals surface area contributed by atoms with E-state index in [2.05, 4.69) is 10.3 Å². The number of aliphatic carboxylic acids is 1. The number of carboxylic acids is 1. The lowest BCUT2D eigenvalue weighted by Gasteiger charge is -2.30. The Balaban J connectivity index is 1.86. The quantitative estimate of drug-likeness (QED) is 0.822. The van der Waals surface area contributed by atoms with Crippen molar-refractivity contribution in [2.45, 2.75) is 25.4 Å². The van der Waals surface area contributed by atoms with Gasteiger partial charge in [-0.2, -0.15) is 13.2 Å². The molecule has 2 rings (SSSR count). The third-order valence-corrected chi connectivity index (χ3v) is 4.21. The first-order valence-corrected chi connectivity index (χ1v) is 8.03. The summed E-state index contributed by atoms with van der Waals surface area (Å²) in [6.45, 7) is 0.806. The molecule has 25 heavy (non-hydrogen) atoms. The van der Waals surface area contributed by atoms with Crippen LogP contribution < -0.4 is 5.32 Å². The molecule has 0 aliphatic carbocycles. The molecule has 0 bridgehead atoms. The summed E-state index contributed by atoms with van der Waals surface area (Å²) in [6, 6.07) is 0.765. The number of nitrogens with zero attached hydrogens (tertiary/aromatic N) is 2. The van der Waals surface area contributed by atoms with E-state index in [0.717, 1.165) is 6.07 Å². The molecule has 1 atom stereocenters. The number of carbonyl (C=O) groups is 2. The van der Waals surface area contributed by atoms with Gasteiger partial charge in [0.25, 0.3) is 0 Å². The van der Waals surface area contributed by atoms with Crippen molar-refractivity contribution < 1.29 is 27.9 Å². The van der Waals surface area contributed by atoms with Gasteiger partial charge in [0.15, 0.2) is 0 Å². The molecule has 0 unspecified atom stereocenters. The Kier molecular flexibility index (Phi) is 6.10. The average molecular weight is 380 g/mol. The summed E-state index contributed by atoms with van der Waals surface area (Å²) in [5.41, 5.74) is -0.952. The van der Waals surface area contributed by atoms with Crippen LogP contribution in [0.1, 0.15) is 24.8 Å². The summed E-state index contributed by atoms with van der Waals surface area (Å²) in [6.07, 6.45) is -2.63.